The first-order valence-electron chi connectivity index (χ1n) is 9.83. The zero-order valence-corrected chi connectivity index (χ0v) is 16.1. The first-order chi connectivity index (χ1) is 14.1. The molecule has 0 bridgehead atoms. The van der Waals surface area contributed by atoms with Gasteiger partial charge in [0.05, 0.1) is 23.7 Å². The van der Waals surface area contributed by atoms with Crippen LogP contribution < -0.4 is 5.56 Å². The molecule has 2 N–H and O–H groups in total. The number of nitrogens with one attached hydrogen (secondary N) is 2. The van der Waals surface area contributed by atoms with Crippen LogP contribution in [0.2, 0.25) is 0 Å². The molecule has 1 saturated carbocycles. The average Bonchev–Trinajstić information content (AvgIpc) is 3.36. The average molecular weight is 391 g/mol. The van der Waals surface area contributed by atoms with E-state index in [1.54, 1.807) is 17.0 Å². The molecule has 148 valence electrons. The van der Waals surface area contributed by atoms with E-state index in [9.17, 15) is 9.59 Å². The fourth-order valence-corrected chi connectivity index (χ4v) is 4.19. The SMILES string of the molecule is COC(=O)c1cn(-c2ccc3nc(C4CCCCC4)[nH]c3c2)cc2c(=O)[nH]nc1-2. The second-order valence-corrected chi connectivity index (χ2v) is 7.54. The lowest BCUT2D eigenvalue weighted by molar-refractivity contribution is 0.0600. The number of nitrogens with zero attached hydrogens (tertiary/aromatic N) is 3. The first-order valence-corrected chi connectivity index (χ1v) is 9.83. The highest BCUT2D eigenvalue weighted by Crippen LogP contribution is 2.32. The lowest BCUT2D eigenvalue weighted by Crippen LogP contribution is -2.11. The number of imidazole rings is 1. The van der Waals surface area contributed by atoms with Crippen LogP contribution in [0.5, 0.6) is 0 Å². The van der Waals surface area contributed by atoms with Crippen LogP contribution in [0.15, 0.2) is 35.4 Å². The Bertz CT molecular complexity index is 1230. The Morgan fingerprint density at radius 3 is 2.83 bits per heavy atom. The van der Waals surface area contributed by atoms with Crippen LogP contribution in [-0.4, -0.2) is 37.8 Å². The summed E-state index contributed by atoms with van der Waals surface area (Å²) in [4.78, 5) is 32.6. The van der Waals surface area contributed by atoms with Gasteiger partial charge < -0.3 is 14.3 Å². The van der Waals surface area contributed by atoms with Crippen LogP contribution >= 0.6 is 0 Å². The molecule has 1 aromatic carbocycles. The topological polar surface area (TPSA) is 106 Å². The van der Waals surface area contributed by atoms with Crippen molar-refractivity contribution >= 4 is 17.0 Å². The smallest absolute Gasteiger partial charge is 0.341 e. The molecule has 1 aromatic heterocycles. The molecule has 29 heavy (non-hydrogen) atoms. The predicted octanol–water partition coefficient (Wildman–Crippen LogP) is 3.38. The molecule has 3 heterocycles. The Morgan fingerprint density at radius 2 is 2.03 bits per heavy atom. The number of carbonyl (C=O) groups is 1. The molecule has 2 aliphatic heterocycles. The largest absolute Gasteiger partial charge is 0.465 e. The van der Waals surface area contributed by atoms with Crippen LogP contribution in [0.3, 0.4) is 0 Å². The van der Waals surface area contributed by atoms with Gasteiger partial charge in [0.1, 0.15) is 17.1 Å². The summed E-state index contributed by atoms with van der Waals surface area (Å²) in [7, 11) is 1.31. The summed E-state index contributed by atoms with van der Waals surface area (Å²) >= 11 is 0. The highest BCUT2D eigenvalue weighted by molar-refractivity contribution is 5.96. The van der Waals surface area contributed by atoms with Crippen molar-refractivity contribution in [1.29, 1.82) is 0 Å². The summed E-state index contributed by atoms with van der Waals surface area (Å²) in [6.07, 6.45) is 9.46. The molecule has 2 aromatic rings. The fourth-order valence-electron chi connectivity index (χ4n) is 4.19. The van der Waals surface area contributed by atoms with Crippen LogP contribution in [0.25, 0.3) is 28.0 Å². The summed E-state index contributed by atoms with van der Waals surface area (Å²) in [5.74, 6) is 0.991. The number of fused-ring (bicyclic) bond motifs is 2. The number of benzene rings is 1. The van der Waals surface area contributed by atoms with Gasteiger partial charge >= 0.3 is 5.97 Å². The number of aromatic amines is 2. The highest BCUT2D eigenvalue weighted by atomic mass is 16.5. The lowest BCUT2D eigenvalue weighted by Gasteiger charge is -2.18. The van der Waals surface area contributed by atoms with Gasteiger partial charge in [-0.2, -0.15) is 5.10 Å². The van der Waals surface area contributed by atoms with E-state index in [0.717, 1.165) is 22.5 Å². The number of aromatic nitrogens is 5. The molecular formula is C21H21N5O3. The molecule has 1 fully saturated rings. The van der Waals surface area contributed by atoms with Crippen molar-refractivity contribution in [1.82, 2.24) is 24.7 Å². The van der Waals surface area contributed by atoms with Gasteiger partial charge in [-0.1, -0.05) is 19.3 Å². The number of methoxy groups -OCH3 is 1. The van der Waals surface area contributed by atoms with Crippen molar-refractivity contribution in [2.45, 2.75) is 38.0 Å². The minimum Gasteiger partial charge on any atom is -0.465 e. The quantitative estimate of drug-likeness (QED) is 0.521. The standard InChI is InChI=1S/C21H21N5O3/c1-29-21(28)15-11-26(10-14-18(15)24-25-20(14)27)13-7-8-16-17(9-13)23-19(22-16)12-5-3-2-4-6-12/h7-12H,2-6H2,1H3,(H,22,23)(H,25,27). The molecule has 0 spiro atoms. The number of hydrogen-bond acceptors (Lipinski definition) is 5. The second-order valence-electron chi connectivity index (χ2n) is 7.54. The molecule has 3 aliphatic rings. The van der Waals surface area contributed by atoms with Gasteiger partial charge in [-0.15, -0.1) is 0 Å². The second kappa shape index (κ2) is 6.88. The fraction of sp³-hybridized carbons (Fsp3) is 0.333. The molecule has 0 radical (unpaired) electrons. The van der Waals surface area contributed by atoms with E-state index in [1.165, 1.54) is 39.2 Å². The molecule has 1 aliphatic carbocycles. The Morgan fingerprint density at radius 1 is 1.21 bits per heavy atom. The van der Waals surface area contributed by atoms with Crippen LogP contribution in [-0.2, 0) is 4.74 Å². The van der Waals surface area contributed by atoms with Crippen LogP contribution in [0.1, 0.15) is 54.2 Å². The Balaban J connectivity index is 1.60. The normalized spacial score (nSPS) is 15.2. The summed E-state index contributed by atoms with van der Waals surface area (Å²) < 4.78 is 6.60. The van der Waals surface area contributed by atoms with Gasteiger partial charge in [0.25, 0.3) is 5.56 Å². The maximum Gasteiger partial charge on any atom is 0.341 e. The predicted molar refractivity (Wildman–Crippen MR) is 108 cm³/mol. The van der Waals surface area contributed by atoms with Crippen LogP contribution in [0, 0.1) is 0 Å². The Labute approximate surface area is 166 Å². The van der Waals surface area contributed by atoms with E-state index in [1.807, 2.05) is 18.2 Å². The van der Waals surface area contributed by atoms with E-state index in [4.69, 9.17) is 9.72 Å². The van der Waals surface area contributed by atoms with Crippen molar-refractivity contribution in [2.75, 3.05) is 7.11 Å². The third-order valence-electron chi connectivity index (χ3n) is 5.74. The van der Waals surface area contributed by atoms with Crippen molar-refractivity contribution in [3.63, 3.8) is 0 Å². The molecule has 5 rings (SSSR count). The minimum atomic E-state index is -0.543. The number of H-pyrrole nitrogens is 2. The zero-order valence-electron chi connectivity index (χ0n) is 16.1. The van der Waals surface area contributed by atoms with Crippen molar-refractivity contribution in [3.8, 4) is 16.9 Å². The number of ether oxygens (including phenoxy) is 1. The molecule has 0 saturated heterocycles. The summed E-state index contributed by atoms with van der Waals surface area (Å²) in [5.41, 5.74) is 3.18. The molecular weight excluding hydrogens is 370 g/mol. The molecule has 8 heteroatoms. The van der Waals surface area contributed by atoms with Gasteiger partial charge in [0.15, 0.2) is 0 Å². The Hall–Kier alpha value is -3.42. The highest BCUT2D eigenvalue weighted by Gasteiger charge is 2.23. The van der Waals surface area contributed by atoms with E-state index in [-0.39, 0.29) is 11.1 Å². The maximum absolute atomic E-state index is 12.2. The monoisotopic (exact) mass is 391 g/mol. The number of hydrogen-bond donors (Lipinski definition) is 2. The van der Waals surface area contributed by atoms with E-state index in [0.29, 0.717) is 17.2 Å². The first kappa shape index (κ1) is 17.7. The van der Waals surface area contributed by atoms with E-state index < -0.39 is 5.97 Å². The summed E-state index contributed by atoms with van der Waals surface area (Å²) in [6.45, 7) is 0. The number of carbonyl (C=O) groups excluding carboxylic acids is 1. The number of esters is 1. The molecule has 8 nitrogen and oxygen atoms in total. The third kappa shape index (κ3) is 3.00. The summed E-state index contributed by atoms with van der Waals surface area (Å²) in [6, 6.07) is 5.85. The van der Waals surface area contributed by atoms with Gasteiger partial charge in [0.2, 0.25) is 0 Å². The van der Waals surface area contributed by atoms with Crippen molar-refractivity contribution < 1.29 is 9.53 Å². The number of pyridine rings is 1. The summed E-state index contributed by atoms with van der Waals surface area (Å²) in [5, 5.41) is 6.36. The third-order valence-corrected chi connectivity index (χ3v) is 5.74. The Kier molecular flexibility index (Phi) is 4.19. The number of rotatable bonds is 3. The van der Waals surface area contributed by atoms with Gasteiger partial charge in [-0.3, -0.25) is 4.79 Å². The van der Waals surface area contributed by atoms with E-state index in [2.05, 4.69) is 15.2 Å². The molecule has 0 amide bonds. The zero-order chi connectivity index (χ0) is 20.0. The van der Waals surface area contributed by atoms with Gasteiger partial charge in [0, 0.05) is 24.0 Å². The maximum atomic E-state index is 12.2. The van der Waals surface area contributed by atoms with Crippen molar-refractivity contribution in [2.24, 2.45) is 0 Å². The molecule has 0 unspecified atom stereocenters. The van der Waals surface area contributed by atoms with Gasteiger partial charge in [-0.05, 0) is 31.0 Å². The van der Waals surface area contributed by atoms with E-state index >= 15 is 0 Å². The van der Waals surface area contributed by atoms with Crippen molar-refractivity contribution in [3.05, 3.63) is 52.3 Å². The van der Waals surface area contributed by atoms with Gasteiger partial charge in [-0.25, -0.2) is 14.9 Å². The lowest BCUT2D eigenvalue weighted by atomic mass is 9.89. The molecule has 0 atom stereocenters. The minimum absolute atomic E-state index is 0.232. The van der Waals surface area contributed by atoms with Crippen LogP contribution in [0.4, 0.5) is 0 Å².